The van der Waals surface area contributed by atoms with Crippen LogP contribution in [-0.2, 0) is 10.0 Å². The number of sulfonamides is 1. The van der Waals surface area contributed by atoms with Gasteiger partial charge in [0.1, 0.15) is 0 Å². The number of nitrogens with one attached hydrogen (secondary N) is 1. The Morgan fingerprint density at radius 3 is 2.73 bits per heavy atom. The Morgan fingerprint density at radius 2 is 2.07 bits per heavy atom. The lowest BCUT2D eigenvalue weighted by molar-refractivity contribution is 0.609. The molecule has 80 valence electrons. The fourth-order valence-corrected chi connectivity index (χ4v) is 2.22. The summed E-state index contributed by atoms with van der Waals surface area (Å²) >= 11 is 0. The van der Waals surface area contributed by atoms with E-state index in [9.17, 15) is 8.42 Å². The predicted molar refractivity (Wildman–Crippen MR) is 59.9 cm³/mol. The van der Waals surface area contributed by atoms with Crippen molar-refractivity contribution in [1.82, 2.24) is 4.98 Å². The number of hydrogen-bond acceptors (Lipinski definition) is 3. The minimum absolute atomic E-state index is 0.335. The van der Waals surface area contributed by atoms with Gasteiger partial charge in [-0.3, -0.25) is 9.71 Å². The van der Waals surface area contributed by atoms with E-state index in [1.54, 1.807) is 6.07 Å². The molecule has 0 radical (unpaired) electrons. The van der Waals surface area contributed by atoms with E-state index in [1.807, 2.05) is 19.9 Å². The second-order valence-corrected chi connectivity index (χ2v) is 5.34. The first-order chi connectivity index (χ1) is 6.98. The number of fused-ring (bicyclic) bond motifs is 1. The molecule has 0 saturated heterocycles. The van der Waals surface area contributed by atoms with E-state index in [2.05, 4.69) is 9.71 Å². The third kappa shape index (κ3) is 2.02. The molecule has 0 fully saturated rings. The summed E-state index contributed by atoms with van der Waals surface area (Å²) in [5, 5.41) is 1.13. The summed E-state index contributed by atoms with van der Waals surface area (Å²) in [5.41, 5.74) is 2.18. The van der Waals surface area contributed by atoms with Gasteiger partial charge in [0, 0.05) is 5.69 Å². The van der Waals surface area contributed by atoms with Crippen molar-refractivity contribution in [2.45, 2.75) is 19.8 Å². The van der Waals surface area contributed by atoms with Gasteiger partial charge in [0.15, 0.2) is 0 Å². The molecule has 0 atom stereocenters. The minimum Gasteiger partial charge on any atom is -0.278 e. The first kappa shape index (κ1) is 10.2. The zero-order valence-electron chi connectivity index (χ0n) is 8.56. The zero-order chi connectivity index (χ0) is 11.1. The quantitative estimate of drug-likeness (QED) is 0.793. The number of anilines is 1. The van der Waals surface area contributed by atoms with Crippen molar-refractivity contribution in [3.8, 4) is 0 Å². The van der Waals surface area contributed by atoms with Gasteiger partial charge in [0.25, 0.3) is 10.0 Å². The Kier molecular flexibility index (Phi) is 2.26. The van der Waals surface area contributed by atoms with Gasteiger partial charge in [-0.15, -0.1) is 0 Å². The average Bonchev–Trinajstić information content (AvgIpc) is 2.15. The van der Waals surface area contributed by atoms with Gasteiger partial charge < -0.3 is 0 Å². The van der Waals surface area contributed by atoms with Crippen molar-refractivity contribution in [1.29, 1.82) is 0 Å². The molecule has 0 unspecified atom stereocenters. The van der Waals surface area contributed by atoms with Crippen LogP contribution in [-0.4, -0.2) is 13.4 Å². The number of aromatic nitrogens is 1. The van der Waals surface area contributed by atoms with E-state index in [1.165, 1.54) is 6.08 Å². The van der Waals surface area contributed by atoms with Crippen LogP contribution in [0.2, 0.25) is 0 Å². The highest BCUT2D eigenvalue weighted by atomic mass is 32.2. The lowest BCUT2D eigenvalue weighted by atomic mass is 10.1. The molecular weight excluding hydrogens is 212 g/mol. The van der Waals surface area contributed by atoms with Crippen molar-refractivity contribution in [3.05, 3.63) is 28.9 Å². The fraction of sp³-hybridized carbons (Fsp3) is 0.300. The van der Waals surface area contributed by atoms with Crippen LogP contribution in [0.1, 0.15) is 31.2 Å². The number of nitrogens with zero attached hydrogens (tertiary/aromatic N) is 1. The van der Waals surface area contributed by atoms with Crippen LogP contribution in [0.5, 0.6) is 0 Å². The molecule has 5 heteroatoms. The van der Waals surface area contributed by atoms with E-state index in [4.69, 9.17) is 0 Å². The molecule has 0 aliphatic carbocycles. The van der Waals surface area contributed by atoms with Gasteiger partial charge in [-0.05, 0) is 24.1 Å². The molecule has 0 saturated carbocycles. The molecular formula is C10H12N2O2S. The van der Waals surface area contributed by atoms with Crippen molar-refractivity contribution in [3.63, 3.8) is 0 Å². The molecule has 0 aromatic carbocycles. The fourth-order valence-electron chi connectivity index (χ4n) is 1.37. The van der Waals surface area contributed by atoms with Gasteiger partial charge in [-0.2, -0.15) is 0 Å². The molecule has 1 aliphatic heterocycles. The molecule has 0 spiro atoms. The highest BCUT2D eigenvalue weighted by Crippen LogP contribution is 2.24. The first-order valence-corrected chi connectivity index (χ1v) is 6.24. The Labute approximate surface area is 89.1 Å². The Bertz CT molecular complexity index is 518. The van der Waals surface area contributed by atoms with Crippen molar-refractivity contribution >= 4 is 21.8 Å². The summed E-state index contributed by atoms with van der Waals surface area (Å²) in [4.78, 5) is 4.36. The summed E-state index contributed by atoms with van der Waals surface area (Å²) in [6, 6.07) is 3.59. The molecule has 1 aromatic heterocycles. The van der Waals surface area contributed by atoms with Crippen LogP contribution < -0.4 is 4.72 Å². The standard InChI is InChI=1S/C10H12N2O2S/c1-7(2)8-3-4-10-9(11-8)5-6-15(13,14)12-10/h3-7,12H,1-2H3. The maximum Gasteiger partial charge on any atom is 0.255 e. The van der Waals surface area contributed by atoms with Gasteiger partial charge in [0.05, 0.1) is 16.8 Å². The third-order valence-corrected chi connectivity index (χ3v) is 3.19. The van der Waals surface area contributed by atoms with Crippen molar-refractivity contribution < 1.29 is 8.42 Å². The van der Waals surface area contributed by atoms with Crippen molar-refractivity contribution in [2.24, 2.45) is 0 Å². The van der Waals surface area contributed by atoms with Crippen LogP contribution in [0.4, 0.5) is 5.69 Å². The molecule has 1 aromatic rings. The van der Waals surface area contributed by atoms with E-state index < -0.39 is 10.0 Å². The summed E-state index contributed by atoms with van der Waals surface area (Å²) in [5.74, 6) is 0.335. The Hall–Kier alpha value is -1.36. The van der Waals surface area contributed by atoms with Crippen LogP contribution >= 0.6 is 0 Å². The minimum atomic E-state index is -3.30. The maximum absolute atomic E-state index is 11.2. The molecule has 4 nitrogen and oxygen atoms in total. The maximum atomic E-state index is 11.2. The lowest BCUT2D eigenvalue weighted by Gasteiger charge is -2.14. The van der Waals surface area contributed by atoms with E-state index in [0.29, 0.717) is 17.3 Å². The van der Waals surface area contributed by atoms with Gasteiger partial charge in [-0.1, -0.05) is 13.8 Å². The van der Waals surface area contributed by atoms with Gasteiger partial charge in [-0.25, -0.2) is 8.42 Å². The Balaban J connectivity index is 2.49. The molecule has 2 rings (SSSR count). The topological polar surface area (TPSA) is 59.1 Å². The monoisotopic (exact) mass is 224 g/mol. The zero-order valence-corrected chi connectivity index (χ0v) is 9.38. The van der Waals surface area contributed by atoms with Gasteiger partial charge in [0.2, 0.25) is 0 Å². The normalized spacial score (nSPS) is 17.3. The SMILES string of the molecule is CC(C)c1ccc2c(n1)C=CS(=O)(=O)N2. The third-order valence-electron chi connectivity index (χ3n) is 2.20. The summed E-state index contributed by atoms with van der Waals surface area (Å²) in [6.07, 6.45) is 1.52. The second kappa shape index (κ2) is 3.34. The van der Waals surface area contributed by atoms with Crippen LogP contribution in [0.25, 0.3) is 6.08 Å². The highest BCUT2D eigenvalue weighted by Gasteiger charge is 2.15. The van der Waals surface area contributed by atoms with E-state index in [-0.39, 0.29) is 0 Å². The lowest BCUT2D eigenvalue weighted by Crippen LogP contribution is -2.14. The Morgan fingerprint density at radius 1 is 1.33 bits per heavy atom. The predicted octanol–water partition coefficient (Wildman–Crippen LogP) is 1.93. The number of pyridine rings is 1. The van der Waals surface area contributed by atoms with Crippen LogP contribution in [0.15, 0.2) is 17.5 Å². The molecule has 0 amide bonds. The largest absolute Gasteiger partial charge is 0.278 e. The molecule has 15 heavy (non-hydrogen) atoms. The molecule has 1 aliphatic rings. The van der Waals surface area contributed by atoms with E-state index >= 15 is 0 Å². The average molecular weight is 224 g/mol. The number of hydrogen-bond donors (Lipinski definition) is 1. The van der Waals surface area contributed by atoms with Gasteiger partial charge >= 0.3 is 0 Å². The highest BCUT2D eigenvalue weighted by molar-refractivity contribution is 7.95. The van der Waals surface area contributed by atoms with Crippen LogP contribution in [0, 0.1) is 0 Å². The van der Waals surface area contributed by atoms with Crippen LogP contribution in [0.3, 0.4) is 0 Å². The van der Waals surface area contributed by atoms with Crippen molar-refractivity contribution in [2.75, 3.05) is 4.72 Å². The summed E-state index contributed by atoms with van der Waals surface area (Å²) < 4.78 is 24.8. The summed E-state index contributed by atoms with van der Waals surface area (Å²) in [7, 11) is -3.30. The molecule has 0 bridgehead atoms. The first-order valence-electron chi connectivity index (χ1n) is 4.70. The van der Waals surface area contributed by atoms with E-state index in [0.717, 1.165) is 11.1 Å². The molecule has 2 heterocycles. The molecule has 1 N–H and O–H groups in total. The second-order valence-electron chi connectivity index (χ2n) is 3.77. The smallest absolute Gasteiger partial charge is 0.255 e. The number of rotatable bonds is 1. The summed E-state index contributed by atoms with van der Waals surface area (Å²) in [6.45, 7) is 4.09.